The number of furan rings is 1. The molecule has 2 aromatic heterocycles. The van der Waals surface area contributed by atoms with Crippen LogP contribution in [0.25, 0.3) is 22.7 Å². The number of rotatable bonds is 5. The number of imidazole rings is 1. The van der Waals surface area contributed by atoms with Crippen LogP contribution in [-0.2, 0) is 0 Å². The average molecular weight is 478 g/mol. The van der Waals surface area contributed by atoms with Gasteiger partial charge in [-0.1, -0.05) is 36.9 Å². The maximum Gasteiger partial charge on any atom is 0.291 e. The Hall–Kier alpha value is -3.38. The molecule has 1 saturated carbocycles. The number of benzene rings is 2. The van der Waals surface area contributed by atoms with Crippen molar-refractivity contribution < 1.29 is 13.6 Å². The standard InChI is InChI=1S/C27H25ClFN3O2/c1-17-7-12-22(21(28)15-17)31-27(33)24-14-13-23(34-24)26-25(18-8-10-19(29)11-9-18)30-16-32(26)20-5-3-2-4-6-20/h7-16,20H,2-6H2,1H3,(H,31,33). The molecular weight excluding hydrogens is 453 g/mol. The summed E-state index contributed by atoms with van der Waals surface area (Å²) in [6, 6.07) is 15.5. The van der Waals surface area contributed by atoms with Crippen LogP contribution < -0.4 is 5.32 Å². The minimum Gasteiger partial charge on any atom is -0.449 e. The molecule has 0 saturated heterocycles. The second-order valence-corrected chi connectivity index (χ2v) is 9.16. The SMILES string of the molecule is Cc1ccc(NC(=O)c2ccc(-c3c(-c4ccc(F)cc4)ncn3C3CCCCC3)o2)c(Cl)c1. The van der Waals surface area contributed by atoms with Gasteiger partial charge in [0.15, 0.2) is 11.5 Å². The van der Waals surface area contributed by atoms with Gasteiger partial charge in [-0.15, -0.1) is 0 Å². The predicted molar refractivity (Wildman–Crippen MR) is 132 cm³/mol. The van der Waals surface area contributed by atoms with Crippen molar-refractivity contribution in [2.75, 3.05) is 5.32 Å². The van der Waals surface area contributed by atoms with Crippen LogP contribution in [0.15, 0.2) is 65.3 Å². The third-order valence-corrected chi connectivity index (χ3v) is 6.63. The summed E-state index contributed by atoms with van der Waals surface area (Å²) >= 11 is 6.27. The van der Waals surface area contributed by atoms with Gasteiger partial charge in [-0.25, -0.2) is 9.37 Å². The monoisotopic (exact) mass is 477 g/mol. The van der Waals surface area contributed by atoms with Gasteiger partial charge in [0.25, 0.3) is 5.91 Å². The Labute approximate surface area is 202 Å². The Morgan fingerprint density at radius 2 is 1.85 bits per heavy atom. The summed E-state index contributed by atoms with van der Waals surface area (Å²) in [4.78, 5) is 17.6. The highest BCUT2D eigenvalue weighted by molar-refractivity contribution is 6.34. The fourth-order valence-electron chi connectivity index (χ4n) is 4.55. The molecule has 0 radical (unpaired) electrons. The Bertz CT molecular complexity index is 1320. The van der Waals surface area contributed by atoms with E-state index < -0.39 is 0 Å². The first-order valence-corrected chi connectivity index (χ1v) is 11.9. The van der Waals surface area contributed by atoms with Gasteiger partial charge in [0, 0.05) is 11.6 Å². The van der Waals surface area contributed by atoms with Gasteiger partial charge in [0.2, 0.25) is 0 Å². The largest absolute Gasteiger partial charge is 0.449 e. The van der Waals surface area contributed by atoms with Crippen molar-refractivity contribution in [3.05, 3.63) is 83.1 Å². The lowest BCUT2D eigenvalue weighted by molar-refractivity contribution is 0.0997. The Balaban J connectivity index is 1.50. The van der Waals surface area contributed by atoms with E-state index in [1.165, 1.54) is 18.6 Å². The van der Waals surface area contributed by atoms with Crippen molar-refractivity contribution in [2.45, 2.75) is 45.1 Å². The van der Waals surface area contributed by atoms with E-state index in [-0.39, 0.29) is 17.5 Å². The Morgan fingerprint density at radius 1 is 1.09 bits per heavy atom. The van der Waals surface area contributed by atoms with Crippen LogP contribution in [0.5, 0.6) is 0 Å². The molecule has 0 unspecified atom stereocenters. The molecule has 0 bridgehead atoms. The summed E-state index contributed by atoms with van der Waals surface area (Å²) in [6.45, 7) is 1.93. The van der Waals surface area contributed by atoms with Crippen LogP contribution in [-0.4, -0.2) is 15.5 Å². The molecule has 2 aromatic carbocycles. The lowest BCUT2D eigenvalue weighted by Crippen LogP contribution is -2.13. The Kier molecular flexibility index (Phi) is 6.24. The van der Waals surface area contributed by atoms with Gasteiger partial charge in [0.05, 0.1) is 22.7 Å². The molecule has 1 N–H and O–H groups in total. The molecule has 174 valence electrons. The summed E-state index contributed by atoms with van der Waals surface area (Å²) in [5.74, 6) is 0.0310. The van der Waals surface area contributed by atoms with E-state index in [2.05, 4.69) is 14.9 Å². The summed E-state index contributed by atoms with van der Waals surface area (Å²) in [5, 5.41) is 3.28. The molecule has 34 heavy (non-hydrogen) atoms. The van der Waals surface area contributed by atoms with Gasteiger partial charge in [-0.2, -0.15) is 0 Å². The molecule has 7 heteroatoms. The molecule has 1 amide bonds. The van der Waals surface area contributed by atoms with Crippen LogP contribution in [0.4, 0.5) is 10.1 Å². The normalized spacial score (nSPS) is 14.3. The minimum absolute atomic E-state index is 0.174. The van der Waals surface area contributed by atoms with E-state index in [0.717, 1.165) is 42.5 Å². The molecule has 1 fully saturated rings. The highest BCUT2D eigenvalue weighted by Crippen LogP contribution is 2.38. The van der Waals surface area contributed by atoms with Crippen molar-refractivity contribution in [1.82, 2.24) is 9.55 Å². The molecule has 0 aliphatic heterocycles. The number of aromatic nitrogens is 2. The second kappa shape index (κ2) is 9.47. The number of aryl methyl sites for hydroxylation is 1. The van der Waals surface area contributed by atoms with Crippen molar-refractivity contribution >= 4 is 23.2 Å². The lowest BCUT2D eigenvalue weighted by Gasteiger charge is -2.24. The summed E-state index contributed by atoms with van der Waals surface area (Å²) in [6.07, 6.45) is 7.52. The maximum atomic E-state index is 13.5. The quantitative estimate of drug-likeness (QED) is 0.321. The first kappa shape index (κ1) is 22.4. The fourth-order valence-corrected chi connectivity index (χ4v) is 4.84. The number of halogens is 2. The second-order valence-electron chi connectivity index (χ2n) is 8.75. The number of nitrogens with zero attached hydrogens (tertiary/aromatic N) is 2. The van der Waals surface area contributed by atoms with Gasteiger partial charge in [0.1, 0.15) is 11.5 Å². The van der Waals surface area contributed by atoms with E-state index in [1.807, 2.05) is 19.3 Å². The molecule has 0 atom stereocenters. The van der Waals surface area contributed by atoms with E-state index in [4.69, 9.17) is 16.0 Å². The van der Waals surface area contributed by atoms with Crippen molar-refractivity contribution in [2.24, 2.45) is 0 Å². The highest BCUT2D eigenvalue weighted by atomic mass is 35.5. The molecule has 4 aromatic rings. The molecule has 5 rings (SSSR count). The predicted octanol–water partition coefficient (Wildman–Crippen LogP) is 7.67. The average Bonchev–Trinajstić information content (AvgIpc) is 3.49. The minimum atomic E-state index is -0.385. The number of hydrogen-bond acceptors (Lipinski definition) is 3. The molecule has 5 nitrogen and oxygen atoms in total. The number of hydrogen-bond donors (Lipinski definition) is 1. The third-order valence-electron chi connectivity index (χ3n) is 6.32. The smallest absolute Gasteiger partial charge is 0.291 e. The van der Waals surface area contributed by atoms with Gasteiger partial charge in [-0.05, 0) is 73.9 Å². The van der Waals surface area contributed by atoms with E-state index >= 15 is 0 Å². The number of anilines is 1. The van der Waals surface area contributed by atoms with E-state index in [0.29, 0.717) is 28.2 Å². The maximum absolute atomic E-state index is 13.5. The summed E-state index contributed by atoms with van der Waals surface area (Å²) < 4.78 is 21.7. The van der Waals surface area contributed by atoms with E-state index in [1.54, 1.807) is 36.4 Å². The number of nitrogens with one attached hydrogen (secondary N) is 1. The Morgan fingerprint density at radius 3 is 2.59 bits per heavy atom. The van der Waals surface area contributed by atoms with Crippen LogP contribution in [0.2, 0.25) is 5.02 Å². The summed E-state index contributed by atoms with van der Waals surface area (Å²) in [7, 11) is 0. The fraction of sp³-hybridized carbons (Fsp3) is 0.259. The summed E-state index contributed by atoms with van der Waals surface area (Å²) in [5.41, 5.74) is 3.82. The van der Waals surface area contributed by atoms with Crippen molar-refractivity contribution in [1.29, 1.82) is 0 Å². The molecule has 2 heterocycles. The molecule has 1 aliphatic carbocycles. The van der Waals surface area contributed by atoms with Crippen LogP contribution in [0.3, 0.4) is 0 Å². The number of carbonyl (C=O) groups excluding carboxylic acids is 1. The van der Waals surface area contributed by atoms with Crippen LogP contribution >= 0.6 is 11.6 Å². The molecular formula is C27H25ClFN3O2. The van der Waals surface area contributed by atoms with E-state index in [9.17, 15) is 9.18 Å². The van der Waals surface area contributed by atoms with Gasteiger partial charge >= 0.3 is 0 Å². The van der Waals surface area contributed by atoms with Crippen molar-refractivity contribution in [3.8, 4) is 22.7 Å². The number of amides is 1. The lowest BCUT2D eigenvalue weighted by atomic mass is 9.95. The molecule has 1 aliphatic rings. The zero-order valence-electron chi connectivity index (χ0n) is 18.9. The number of carbonyl (C=O) groups is 1. The molecule has 0 spiro atoms. The topological polar surface area (TPSA) is 60.1 Å². The zero-order valence-corrected chi connectivity index (χ0v) is 19.6. The highest BCUT2D eigenvalue weighted by Gasteiger charge is 2.25. The van der Waals surface area contributed by atoms with Gasteiger partial charge in [-0.3, -0.25) is 4.79 Å². The van der Waals surface area contributed by atoms with Crippen LogP contribution in [0, 0.1) is 12.7 Å². The van der Waals surface area contributed by atoms with Crippen LogP contribution in [0.1, 0.15) is 54.3 Å². The zero-order chi connectivity index (χ0) is 23.7. The third kappa shape index (κ3) is 4.50. The van der Waals surface area contributed by atoms with Crippen molar-refractivity contribution in [3.63, 3.8) is 0 Å². The first-order chi connectivity index (χ1) is 16.5. The van der Waals surface area contributed by atoms with Gasteiger partial charge < -0.3 is 14.3 Å². The first-order valence-electron chi connectivity index (χ1n) is 11.5.